The molecule has 0 bridgehead atoms. The molecule has 9 nitrogen and oxygen atoms in total. The van der Waals surface area contributed by atoms with E-state index in [4.69, 9.17) is 9.47 Å². The van der Waals surface area contributed by atoms with Crippen molar-refractivity contribution in [2.24, 2.45) is 0 Å². The molecule has 11 heteroatoms. The highest BCUT2D eigenvalue weighted by Gasteiger charge is 2.13. The molecule has 0 atom stereocenters. The first-order valence-electron chi connectivity index (χ1n) is 8.74. The summed E-state index contributed by atoms with van der Waals surface area (Å²) >= 11 is 4.39. The van der Waals surface area contributed by atoms with E-state index in [2.05, 4.69) is 26.6 Å². The summed E-state index contributed by atoms with van der Waals surface area (Å²) in [5.74, 6) is -0.809. The van der Waals surface area contributed by atoms with Crippen LogP contribution in [0.2, 0.25) is 0 Å². The van der Waals surface area contributed by atoms with E-state index in [-0.39, 0.29) is 15.8 Å². The van der Waals surface area contributed by atoms with Gasteiger partial charge >= 0.3 is 12.0 Å². The predicted octanol–water partition coefficient (Wildman–Crippen LogP) is 0.309. The second-order valence-electron chi connectivity index (χ2n) is 5.75. The number of carbonyl (C=O) groups is 3. The Balaban J connectivity index is 2.61. The van der Waals surface area contributed by atoms with E-state index in [1.165, 1.54) is 14.2 Å². The van der Waals surface area contributed by atoms with Gasteiger partial charge in [-0.25, -0.2) is 9.59 Å². The summed E-state index contributed by atoms with van der Waals surface area (Å²) in [7, 11) is 2.87. The van der Waals surface area contributed by atoms with Gasteiger partial charge in [0.2, 0.25) is 5.91 Å². The number of hydrogen-bond donors (Lipinski definition) is 2. The van der Waals surface area contributed by atoms with Crippen LogP contribution in [0.15, 0.2) is 27.5 Å². The van der Waals surface area contributed by atoms with Gasteiger partial charge in [0.1, 0.15) is 17.0 Å². The van der Waals surface area contributed by atoms with Crippen LogP contribution < -0.4 is 30.1 Å². The molecule has 2 N–H and O–H groups in total. The van der Waals surface area contributed by atoms with Crippen LogP contribution in [0.1, 0.15) is 12.5 Å². The number of nitrogens with zero attached hydrogens (tertiary/aromatic N) is 1. The van der Waals surface area contributed by atoms with Crippen molar-refractivity contribution in [2.45, 2.75) is 13.5 Å². The zero-order valence-electron chi connectivity index (χ0n) is 16.5. The number of methoxy groups -OCH3 is 1. The van der Waals surface area contributed by atoms with Crippen LogP contribution in [0.4, 0.5) is 4.79 Å². The summed E-state index contributed by atoms with van der Waals surface area (Å²) in [6.45, 7) is 1.37. The van der Waals surface area contributed by atoms with E-state index in [1.54, 1.807) is 31.2 Å². The maximum absolute atomic E-state index is 12.9. The lowest BCUT2D eigenvalue weighted by Gasteiger charge is -2.04. The fourth-order valence-corrected chi connectivity index (χ4v) is 3.81. The second-order valence-corrected chi connectivity index (χ2v) is 7.73. The fraction of sp³-hybridized carbons (Fsp3) is 0.263. The molecule has 30 heavy (non-hydrogen) atoms. The third-order valence-corrected chi connectivity index (χ3v) is 5.28. The van der Waals surface area contributed by atoms with Crippen molar-refractivity contribution in [3.63, 3.8) is 0 Å². The molecule has 1 heterocycles. The number of imide groups is 1. The summed E-state index contributed by atoms with van der Waals surface area (Å²) in [6, 6.07) is 4.61. The molecule has 2 rings (SSSR count). The smallest absolute Gasteiger partial charge is 0.333 e. The molecule has 0 aliphatic heterocycles. The minimum Gasteiger partial charge on any atom is -0.496 e. The molecule has 0 fully saturated rings. The van der Waals surface area contributed by atoms with Crippen molar-refractivity contribution < 1.29 is 23.9 Å². The zero-order valence-corrected chi connectivity index (χ0v) is 18.9. The number of thiazole rings is 1. The number of benzene rings is 1. The zero-order chi connectivity index (χ0) is 22.3. The molecule has 1 aromatic carbocycles. The average molecular weight is 498 g/mol. The molecule has 0 saturated heterocycles. The average Bonchev–Trinajstić information content (AvgIpc) is 2.96. The van der Waals surface area contributed by atoms with Gasteiger partial charge in [0.25, 0.3) is 5.56 Å². The number of esters is 1. The van der Waals surface area contributed by atoms with Crippen molar-refractivity contribution in [1.29, 1.82) is 0 Å². The molecule has 3 amide bonds. The van der Waals surface area contributed by atoms with Gasteiger partial charge in [0.15, 0.2) is 0 Å². The van der Waals surface area contributed by atoms with E-state index < -0.39 is 30.0 Å². The molecular formula is C19H20BrN3O6S. The van der Waals surface area contributed by atoms with Crippen LogP contribution in [0.25, 0.3) is 12.2 Å². The molecular weight excluding hydrogens is 478 g/mol. The molecule has 0 unspecified atom stereocenters. The SMILES string of the molecule is CCOC(=O)/C=c1/s/c(=C\c2cc(Br)ccc2OC)c(=O)n1CC(=O)NC(=O)NC. The lowest BCUT2D eigenvalue weighted by atomic mass is 10.2. The number of carbonyl (C=O) groups excluding carboxylic acids is 3. The topological polar surface area (TPSA) is 116 Å². The third-order valence-electron chi connectivity index (χ3n) is 3.72. The molecule has 160 valence electrons. The molecule has 0 saturated carbocycles. The number of nitrogens with one attached hydrogen (secondary N) is 2. The Kier molecular flexibility index (Phi) is 8.36. The largest absolute Gasteiger partial charge is 0.496 e. The maximum Gasteiger partial charge on any atom is 0.333 e. The van der Waals surface area contributed by atoms with Crippen molar-refractivity contribution in [1.82, 2.24) is 15.2 Å². The highest BCUT2D eigenvalue weighted by molar-refractivity contribution is 9.10. The Morgan fingerprint density at radius 3 is 2.67 bits per heavy atom. The fourth-order valence-electron chi connectivity index (χ4n) is 2.41. The minimum atomic E-state index is -0.709. The number of rotatable bonds is 6. The Morgan fingerprint density at radius 1 is 1.30 bits per heavy atom. The monoisotopic (exact) mass is 497 g/mol. The lowest BCUT2D eigenvalue weighted by Crippen LogP contribution is -2.43. The second kappa shape index (κ2) is 10.7. The summed E-state index contributed by atoms with van der Waals surface area (Å²) in [5, 5.41) is 4.34. The van der Waals surface area contributed by atoms with E-state index in [9.17, 15) is 19.2 Å². The van der Waals surface area contributed by atoms with Gasteiger partial charge in [-0.05, 0) is 31.2 Å². The van der Waals surface area contributed by atoms with Gasteiger partial charge in [-0.1, -0.05) is 15.9 Å². The Hall–Kier alpha value is -2.92. The molecule has 0 radical (unpaired) electrons. The van der Waals surface area contributed by atoms with Crippen molar-refractivity contribution in [2.75, 3.05) is 20.8 Å². The van der Waals surface area contributed by atoms with Crippen LogP contribution in [0, 0.1) is 0 Å². The third kappa shape index (κ3) is 6.04. The summed E-state index contributed by atoms with van der Waals surface area (Å²) in [6.07, 6.45) is 2.74. The van der Waals surface area contributed by atoms with Crippen molar-refractivity contribution in [3.8, 4) is 5.75 Å². The summed E-state index contributed by atoms with van der Waals surface area (Å²) < 4.78 is 12.6. The van der Waals surface area contributed by atoms with Gasteiger partial charge in [0.05, 0.1) is 24.3 Å². The predicted molar refractivity (Wildman–Crippen MR) is 116 cm³/mol. The van der Waals surface area contributed by atoms with Gasteiger partial charge in [-0.15, -0.1) is 11.3 Å². The first-order chi connectivity index (χ1) is 14.3. The van der Waals surface area contributed by atoms with E-state index >= 15 is 0 Å². The van der Waals surface area contributed by atoms with Crippen molar-refractivity contribution in [3.05, 3.63) is 47.8 Å². The molecule has 0 aliphatic carbocycles. The standard InChI is InChI=1S/C19H20BrN3O6S/c1-4-29-17(25)9-16-23(10-15(24)22-19(27)21-2)18(26)14(30-16)8-11-7-12(20)5-6-13(11)28-3/h5-9H,4,10H2,1-3H3,(H2,21,22,24,27)/b14-8-,16-9+. The van der Waals surface area contributed by atoms with Crippen LogP contribution in [-0.4, -0.2) is 43.2 Å². The van der Waals surface area contributed by atoms with E-state index in [1.807, 2.05) is 0 Å². The Bertz CT molecular complexity index is 1140. The van der Waals surface area contributed by atoms with Crippen LogP contribution in [0.5, 0.6) is 5.75 Å². The van der Waals surface area contributed by atoms with Gasteiger partial charge < -0.3 is 14.8 Å². The number of aromatic nitrogens is 1. The number of ether oxygens (including phenoxy) is 2. The number of hydrogen-bond acceptors (Lipinski definition) is 7. The Morgan fingerprint density at radius 2 is 2.03 bits per heavy atom. The van der Waals surface area contributed by atoms with Crippen molar-refractivity contribution >= 4 is 57.3 Å². The van der Waals surface area contributed by atoms with Crippen LogP contribution in [-0.2, 0) is 20.9 Å². The van der Waals surface area contributed by atoms with Crippen LogP contribution in [0.3, 0.4) is 0 Å². The quantitative estimate of drug-likeness (QED) is 0.554. The first-order valence-corrected chi connectivity index (χ1v) is 10.3. The summed E-state index contributed by atoms with van der Waals surface area (Å²) in [4.78, 5) is 48.3. The van der Waals surface area contributed by atoms with Crippen LogP contribution >= 0.6 is 27.3 Å². The van der Waals surface area contributed by atoms with E-state index in [0.717, 1.165) is 26.5 Å². The maximum atomic E-state index is 12.9. The highest BCUT2D eigenvalue weighted by Crippen LogP contribution is 2.23. The van der Waals surface area contributed by atoms with Gasteiger partial charge in [0, 0.05) is 17.1 Å². The van der Waals surface area contributed by atoms with E-state index in [0.29, 0.717) is 11.3 Å². The van der Waals surface area contributed by atoms with Gasteiger partial charge in [-0.2, -0.15) is 0 Å². The molecule has 0 aliphatic rings. The highest BCUT2D eigenvalue weighted by atomic mass is 79.9. The normalized spacial score (nSPS) is 11.9. The minimum absolute atomic E-state index is 0.163. The number of halogens is 1. The molecule has 2 aromatic rings. The molecule has 1 aromatic heterocycles. The first kappa shape index (κ1) is 23.4. The summed E-state index contributed by atoms with van der Waals surface area (Å²) in [5.41, 5.74) is 0.138. The number of urea groups is 1. The molecule has 0 spiro atoms. The van der Waals surface area contributed by atoms with Gasteiger partial charge in [-0.3, -0.25) is 19.5 Å². The lowest BCUT2D eigenvalue weighted by molar-refractivity contribution is -0.135. The number of amides is 3. The Labute approximate surface area is 184 Å².